The Morgan fingerprint density at radius 3 is 3.00 bits per heavy atom. The predicted octanol–water partition coefficient (Wildman–Crippen LogP) is -0.347. The van der Waals surface area contributed by atoms with E-state index in [4.69, 9.17) is 4.11 Å². The van der Waals surface area contributed by atoms with Crippen LogP contribution >= 0.6 is 0 Å². The monoisotopic (exact) mass is 136 g/mol. The topological polar surface area (TPSA) is 38.8 Å². The van der Waals surface area contributed by atoms with E-state index in [0.717, 1.165) is 5.06 Å². The molecule has 0 saturated carbocycles. The first kappa shape index (κ1) is 4.24. The lowest BCUT2D eigenvalue weighted by Gasteiger charge is -2.11. The normalized spacial score (nSPS) is 15.6. The van der Waals surface area contributed by atoms with Gasteiger partial charge in [-0.3, -0.25) is 9.63 Å². The first-order chi connectivity index (χ1) is 5.37. The van der Waals surface area contributed by atoms with Gasteiger partial charge in [-0.1, -0.05) is 0 Å². The van der Waals surface area contributed by atoms with Crippen molar-refractivity contribution in [3.8, 4) is 0 Å². The van der Waals surface area contributed by atoms with E-state index in [0.29, 0.717) is 0 Å². The molecule has 0 aliphatic heterocycles. The summed E-state index contributed by atoms with van der Waals surface area (Å²) < 4.78 is 24.1. The zero-order valence-corrected chi connectivity index (χ0v) is 5.38. The van der Waals surface area contributed by atoms with Gasteiger partial charge in [0.15, 0.2) is 0 Å². The maximum atomic E-state index is 10.8. The SMILES string of the molecule is [2H]C([2H])([2H])OCC(=O)N(C)OC. The van der Waals surface area contributed by atoms with E-state index in [2.05, 4.69) is 9.57 Å². The van der Waals surface area contributed by atoms with Crippen molar-refractivity contribution in [1.29, 1.82) is 0 Å². The molecule has 0 aromatic carbocycles. The van der Waals surface area contributed by atoms with Crippen LogP contribution in [0.2, 0.25) is 0 Å². The van der Waals surface area contributed by atoms with Gasteiger partial charge in [-0.2, -0.15) is 0 Å². The fraction of sp³-hybridized carbons (Fsp3) is 0.800. The molecule has 4 heteroatoms. The summed E-state index contributed by atoms with van der Waals surface area (Å²) in [6, 6.07) is 0. The van der Waals surface area contributed by atoms with Gasteiger partial charge in [0.2, 0.25) is 0 Å². The van der Waals surface area contributed by atoms with Crippen LogP contribution in [-0.4, -0.2) is 38.8 Å². The molecule has 0 N–H and O–H groups in total. The molecule has 0 heterocycles. The Bertz CT molecular complexity index is 159. The van der Waals surface area contributed by atoms with E-state index in [9.17, 15) is 4.79 Å². The summed E-state index contributed by atoms with van der Waals surface area (Å²) >= 11 is 0. The zero-order chi connectivity index (χ0) is 9.78. The summed E-state index contributed by atoms with van der Waals surface area (Å²) in [6.07, 6.45) is 0. The number of rotatable bonds is 3. The molecule has 0 fully saturated rings. The lowest BCUT2D eigenvalue weighted by Crippen LogP contribution is -2.28. The number of nitrogens with zero attached hydrogens (tertiary/aromatic N) is 1. The molecule has 4 nitrogen and oxygen atoms in total. The number of ether oxygens (including phenoxy) is 1. The fourth-order valence-electron chi connectivity index (χ4n) is 0.254. The molecular formula is C5H11NO3. The summed E-state index contributed by atoms with van der Waals surface area (Å²) in [5, 5.41) is 0.895. The average Bonchev–Trinajstić information content (AvgIpc) is 1.97. The maximum Gasteiger partial charge on any atom is 0.271 e. The van der Waals surface area contributed by atoms with Crippen molar-refractivity contribution in [3.63, 3.8) is 0 Å². The highest BCUT2D eigenvalue weighted by Crippen LogP contribution is 1.82. The summed E-state index contributed by atoms with van der Waals surface area (Å²) in [6.45, 7) is -0.513. The number of hydroxylamine groups is 2. The van der Waals surface area contributed by atoms with Crippen molar-refractivity contribution in [2.45, 2.75) is 0 Å². The molecule has 0 aliphatic carbocycles. The molecule has 1 amide bonds. The molecule has 0 bridgehead atoms. The van der Waals surface area contributed by atoms with Crippen molar-refractivity contribution < 1.29 is 18.5 Å². The average molecular weight is 136 g/mol. The summed E-state index contributed by atoms with van der Waals surface area (Å²) in [5.74, 6) is -0.548. The Labute approximate surface area is 58.5 Å². The highest BCUT2D eigenvalue weighted by Gasteiger charge is 2.04. The van der Waals surface area contributed by atoms with E-state index < -0.39 is 19.6 Å². The molecule has 0 aromatic rings. The Hall–Kier alpha value is -0.610. The van der Waals surface area contributed by atoms with Gasteiger partial charge in [-0.15, -0.1) is 0 Å². The van der Waals surface area contributed by atoms with Crippen LogP contribution in [0.1, 0.15) is 4.11 Å². The lowest BCUT2D eigenvalue weighted by molar-refractivity contribution is -0.172. The molecule has 0 saturated heterocycles. The van der Waals surface area contributed by atoms with E-state index in [-0.39, 0.29) is 0 Å². The third-order valence-corrected chi connectivity index (χ3v) is 0.821. The quantitative estimate of drug-likeness (QED) is 0.498. The molecule has 0 rings (SSSR count). The minimum Gasteiger partial charge on any atom is -0.375 e. The van der Waals surface area contributed by atoms with Crippen LogP contribution in [0, 0.1) is 0 Å². The Kier molecular flexibility index (Phi) is 2.02. The molecule has 54 valence electrons. The predicted molar refractivity (Wildman–Crippen MR) is 31.7 cm³/mol. The van der Waals surface area contributed by atoms with Gasteiger partial charge in [0.1, 0.15) is 6.61 Å². The van der Waals surface area contributed by atoms with Crippen molar-refractivity contribution in [1.82, 2.24) is 5.06 Å². The van der Waals surface area contributed by atoms with Gasteiger partial charge in [-0.25, -0.2) is 5.06 Å². The molecule has 0 aliphatic rings. The summed E-state index contributed by atoms with van der Waals surface area (Å²) in [7, 11) is 0.128. The van der Waals surface area contributed by atoms with Crippen molar-refractivity contribution in [2.75, 3.05) is 27.8 Å². The van der Waals surface area contributed by atoms with Crippen LogP contribution in [0.15, 0.2) is 0 Å². The Balaban J connectivity index is 3.72. The van der Waals surface area contributed by atoms with E-state index in [1.807, 2.05) is 0 Å². The number of methoxy groups -OCH3 is 1. The first-order valence-electron chi connectivity index (χ1n) is 3.81. The fourth-order valence-corrected chi connectivity index (χ4v) is 0.254. The number of likely N-dealkylation sites (N-methyl/N-ethyl adjacent to an activating group) is 1. The number of hydrogen-bond donors (Lipinski definition) is 0. The number of carbonyl (C=O) groups is 1. The van der Waals surface area contributed by atoms with Crippen molar-refractivity contribution in [3.05, 3.63) is 0 Å². The van der Waals surface area contributed by atoms with Gasteiger partial charge in [0, 0.05) is 14.1 Å². The zero-order valence-electron chi connectivity index (χ0n) is 8.38. The van der Waals surface area contributed by atoms with Gasteiger partial charge in [0.25, 0.3) is 5.91 Å². The maximum absolute atomic E-state index is 10.8. The highest BCUT2D eigenvalue weighted by molar-refractivity contribution is 5.75. The van der Waals surface area contributed by atoms with E-state index in [1.165, 1.54) is 14.2 Å². The van der Waals surface area contributed by atoms with Gasteiger partial charge in [0.05, 0.1) is 11.2 Å². The second-order valence-corrected chi connectivity index (χ2v) is 1.36. The molecule has 0 spiro atoms. The Morgan fingerprint density at radius 1 is 1.89 bits per heavy atom. The number of amides is 1. The highest BCUT2D eigenvalue weighted by atomic mass is 16.7. The van der Waals surface area contributed by atoms with Gasteiger partial charge >= 0.3 is 0 Å². The van der Waals surface area contributed by atoms with E-state index >= 15 is 0 Å². The molecule has 0 radical (unpaired) electrons. The van der Waals surface area contributed by atoms with Crippen LogP contribution in [-0.2, 0) is 14.4 Å². The van der Waals surface area contributed by atoms with Gasteiger partial charge in [-0.05, 0) is 0 Å². The van der Waals surface area contributed by atoms with Crippen molar-refractivity contribution >= 4 is 5.91 Å². The molecular weight excluding hydrogens is 122 g/mol. The Morgan fingerprint density at radius 2 is 2.56 bits per heavy atom. The third kappa shape index (κ3) is 3.05. The second kappa shape index (κ2) is 4.29. The van der Waals surface area contributed by atoms with E-state index in [1.54, 1.807) is 0 Å². The molecule has 0 aromatic heterocycles. The van der Waals surface area contributed by atoms with Crippen molar-refractivity contribution in [2.24, 2.45) is 0 Å². The van der Waals surface area contributed by atoms with Gasteiger partial charge < -0.3 is 4.74 Å². The smallest absolute Gasteiger partial charge is 0.271 e. The number of carbonyl (C=O) groups excluding carboxylic acids is 1. The standard InChI is InChI=1S/C5H11NO3/c1-6(9-3)5(7)4-8-2/h4H2,1-3H3/i2D3. The van der Waals surface area contributed by atoms with Crippen LogP contribution in [0.25, 0.3) is 0 Å². The minimum absolute atomic E-state index is 0.513. The third-order valence-electron chi connectivity index (χ3n) is 0.821. The lowest BCUT2D eigenvalue weighted by atomic mass is 10.6. The van der Waals surface area contributed by atoms with Crippen LogP contribution in [0.4, 0.5) is 0 Å². The first-order valence-corrected chi connectivity index (χ1v) is 2.31. The number of hydrogen-bond acceptors (Lipinski definition) is 3. The molecule has 0 unspecified atom stereocenters. The minimum atomic E-state index is -2.54. The molecule has 9 heavy (non-hydrogen) atoms. The largest absolute Gasteiger partial charge is 0.375 e. The summed E-state index contributed by atoms with van der Waals surface area (Å²) in [5.41, 5.74) is 0. The van der Waals surface area contributed by atoms with Crippen LogP contribution in [0.3, 0.4) is 0 Å². The second-order valence-electron chi connectivity index (χ2n) is 1.36. The van der Waals surface area contributed by atoms with Crippen LogP contribution < -0.4 is 0 Å². The van der Waals surface area contributed by atoms with Crippen LogP contribution in [0.5, 0.6) is 0 Å². The molecule has 0 atom stereocenters. The summed E-state index contributed by atoms with van der Waals surface area (Å²) in [4.78, 5) is 15.3.